The maximum absolute atomic E-state index is 12.0. The fraction of sp³-hybridized carbons (Fsp3) is 0.667. The van der Waals surface area contributed by atoms with Crippen molar-refractivity contribution in [2.45, 2.75) is 31.8 Å². The summed E-state index contributed by atoms with van der Waals surface area (Å²) in [7, 11) is 1.96. The minimum atomic E-state index is 0. The van der Waals surface area contributed by atoms with Crippen molar-refractivity contribution in [3.05, 3.63) is 18.5 Å². The van der Waals surface area contributed by atoms with Crippen LogP contribution in [0.5, 0.6) is 0 Å². The van der Waals surface area contributed by atoms with Gasteiger partial charge in [-0.15, -0.1) is 24.8 Å². The highest BCUT2D eigenvalue weighted by atomic mass is 35.5. The number of amides is 1. The molecule has 1 aromatic rings. The van der Waals surface area contributed by atoms with Crippen molar-refractivity contribution in [2.75, 3.05) is 20.1 Å². The number of hydrogen-bond donors (Lipinski definition) is 1. The van der Waals surface area contributed by atoms with Crippen LogP contribution in [0.3, 0.4) is 0 Å². The molecule has 1 aliphatic rings. The number of hydrogen-bond acceptors (Lipinski definition) is 3. The van der Waals surface area contributed by atoms with Gasteiger partial charge in [-0.1, -0.05) is 0 Å². The molecule has 0 aromatic carbocycles. The van der Waals surface area contributed by atoms with Gasteiger partial charge >= 0.3 is 0 Å². The second kappa shape index (κ2) is 9.18. The fourth-order valence-electron chi connectivity index (χ4n) is 2.24. The quantitative estimate of drug-likeness (QED) is 0.913. The summed E-state index contributed by atoms with van der Waals surface area (Å²) < 4.78 is 1.80. The highest BCUT2D eigenvalue weighted by molar-refractivity contribution is 5.85. The molecular weight excluding hydrogens is 287 g/mol. The molecule has 1 aliphatic heterocycles. The van der Waals surface area contributed by atoms with Crippen LogP contribution in [-0.4, -0.2) is 46.8 Å². The first-order valence-corrected chi connectivity index (χ1v) is 6.22. The Balaban J connectivity index is 0.00000162. The van der Waals surface area contributed by atoms with E-state index >= 15 is 0 Å². The molecular formula is C12H22Cl2N4O. The second-order valence-corrected chi connectivity index (χ2v) is 4.49. The Morgan fingerprint density at radius 1 is 1.47 bits per heavy atom. The van der Waals surface area contributed by atoms with Crippen molar-refractivity contribution in [1.29, 1.82) is 0 Å². The van der Waals surface area contributed by atoms with E-state index in [4.69, 9.17) is 0 Å². The molecule has 5 nitrogen and oxygen atoms in total. The summed E-state index contributed by atoms with van der Waals surface area (Å²) in [5.41, 5.74) is 0. The Morgan fingerprint density at radius 3 is 2.89 bits per heavy atom. The van der Waals surface area contributed by atoms with E-state index in [-0.39, 0.29) is 30.7 Å². The highest BCUT2D eigenvalue weighted by Gasteiger charge is 2.21. The fourth-order valence-corrected chi connectivity index (χ4v) is 2.24. The summed E-state index contributed by atoms with van der Waals surface area (Å²) in [6, 6.07) is 2.33. The zero-order valence-corrected chi connectivity index (χ0v) is 12.8. The number of likely N-dealkylation sites (tertiary alicyclic amines) is 1. The topological polar surface area (TPSA) is 50.2 Å². The van der Waals surface area contributed by atoms with Gasteiger partial charge in [0, 0.05) is 44.5 Å². The molecule has 1 atom stereocenters. The first kappa shape index (κ1) is 18.2. The first-order valence-electron chi connectivity index (χ1n) is 6.22. The molecule has 1 aromatic heterocycles. The number of nitrogens with one attached hydrogen (secondary N) is 1. The summed E-state index contributed by atoms with van der Waals surface area (Å²) in [5, 5.41) is 7.35. The Morgan fingerprint density at radius 2 is 2.26 bits per heavy atom. The van der Waals surface area contributed by atoms with E-state index in [1.54, 1.807) is 10.9 Å². The predicted octanol–water partition coefficient (Wildman–Crippen LogP) is 1.33. The molecule has 7 heteroatoms. The lowest BCUT2D eigenvalue weighted by molar-refractivity contribution is -0.132. The van der Waals surface area contributed by atoms with E-state index < -0.39 is 0 Å². The second-order valence-electron chi connectivity index (χ2n) is 4.49. The summed E-state index contributed by atoms with van der Waals surface area (Å²) in [6.45, 7) is 2.41. The average Bonchev–Trinajstić information content (AvgIpc) is 2.89. The van der Waals surface area contributed by atoms with E-state index in [9.17, 15) is 4.79 Å². The van der Waals surface area contributed by atoms with Crippen molar-refractivity contribution in [3.63, 3.8) is 0 Å². The van der Waals surface area contributed by atoms with Crippen LogP contribution >= 0.6 is 24.8 Å². The van der Waals surface area contributed by atoms with Gasteiger partial charge < -0.3 is 10.2 Å². The van der Waals surface area contributed by atoms with Gasteiger partial charge in [-0.3, -0.25) is 9.48 Å². The first-order chi connectivity index (χ1) is 8.29. The molecule has 0 aliphatic carbocycles. The zero-order valence-electron chi connectivity index (χ0n) is 11.1. The smallest absolute Gasteiger partial charge is 0.224 e. The van der Waals surface area contributed by atoms with Gasteiger partial charge in [0.2, 0.25) is 5.91 Å². The van der Waals surface area contributed by atoms with Crippen molar-refractivity contribution in [2.24, 2.45) is 0 Å². The van der Waals surface area contributed by atoms with Crippen LogP contribution in [0.1, 0.15) is 19.3 Å². The number of likely N-dealkylation sites (N-methyl/N-ethyl adjacent to an activating group) is 1. The van der Waals surface area contributed by atoms with Crippen LogP contribution < -0.4 is 5.32 Å². The van der Waals surface area contributed by atoms with Gasteiger partial charge in [0.05, 0.1) is 0 Å². The molecule has 1 amide bonds. The van der Waals surface area contributed by atoms with Crippen LogP contribution in [0.25, 0.3) is 0 Å². The number of aryl methyl sites for hydroxylation is 1. The van der Waals surface area contributed by atoms with Crippen LogP contribution in [-0.2, 0) is 11.3 Å². The Kier molecular flexibility index (Phi) is 8.80. The van der Waals surface area contributed by atoms with Crippen molar-refractivity contribution in [1.82, 2.24) is 20.0 Å². The van der Waals surface area contributed by atoms with Gasteiger partial charge in [-0.2, -0.15) is 5.10 Å². The van der Waals surface area contributed by atoms with E-state index in [0.29, 0.717) is 19.0 Å². The third-order valence-electron chi connectivity index (χ3n) is 3.30. The van der Waals surface area contributed by atoms with Gasteiger partial charge in [0.25, 0.3) is 0 Å². The number of piperidine rings is 1. The number of aromatic nitrogens is 2. The number of halogens is 2. The number of carbonyl (C=O) groups is 1. The molecule has 1 fully saturated rings. The molecule has 0 spiro atoms. The molecule has 0 bridgehead atoms. The minimum Gasteiger partial charge on any atom is -0.341 e. The summed E-state index contributed by atoms with van der Waals surface area (Å²) in [5.74, 6) is 0.237. The summed E-state index contributed by atoms with van der Waals surface area (Å²) in [4.78, 5) is 14.0. The third kappa shape index (κ3) is 5.38. The molecule has 2 heterocycles. The van der Waals surface area contributed by atoms with Crippen LogP contribution in [0.4, 0.5) is 0 Å². The van der Waals surface area contributed by atoms with Crippen molar-refractivity contribution >= 4 is 30.7 Å². The largest absolute Gasteiger partial charge is 0.341 e. The minimum absolute atomic E-state index is 0. The maximum atomic E-state index is 12.0. The van der Waals surface area contributed by atoms with E-state index in [1.807, 2.05) is 24.2 Å². The van der Waals surface area contributed by atoms with Gasteiger partial charge in [0.15, 0.2) is 0 Å². The molecule has 0 radical (unpaired) electrons. The van der Waals surface area contributed by atoms with E-state index in [1.165, 1.54) is 6.42 Å². The maximum Gasteiger partial charge on any atom is 0.224 e. The van der Waals surface area contributed by atoms with Gasteiger partial charge in [0.1, 0.15) is 0 Å². The average molecular weight is 309 g/mol. The Labute approximate surface area is 126 Å². The lowest BCUT2D eigenvalue weighted by Crippen LogP contribution is -2.47. The van der Waals surface area contributed by atoms with E-state index in [0.717, 1.165) is 19.5 Å². The molecule has 1 saturated heterocycles. The lowest BCUT2D eigenvalue weighted by Gasteiger charge is -2.32. The highest BCUT2D eigenvalue weighted by Crippen LogP contribution is 2.11. The standard InChI is InChI=1S/C12H20N4O.2ClH/c1-13-11-4-2-7-15(10-11)12(17)5-9-16-8-3-6-14-16;;/h3,6,8,11,13H,2,4-5,7,9-10H2,1H3;2*1H. The molecule has 2 rings (SSSR count). The van der Waals surface area contributed by atoms with Gasteiger partial charge in [-0.05, 0) is 26.0 Å². The van der Waals surface area contributed by atoms with Crippen LogP contribution in [0.15, 0.2) is 18.5 Å². The van der Waals surface area contributed by atoms with Crippen molar-refractivity contribution < 1.29 is 4.79 Å². The third-order valence-corrected chi connectivity index (χ3v) is 3.30. The number of nitrogens with zero attached hydrogens (tertiary/aromatic N) is 3. The number of rotatable bonds is 4. The van der Waals surface area contributed by atoms with Crippen molar-refractivity contribution in [3.8, 4) is 0 Å². The number of carbonyl (C=O) groups excluding carboxylic acids is 1. The van der Waals surface area contributed by atoms with Gasteiger partial charge in [-0.25, -0.2) is 0 Å². The molecule has 110 valence electrons. The summed E-state index contributed by atoms with van der Waals surface area (Å²) >= 11 is 0. The molecule has 1 N–H and O–H groups in total. The normalized spacial score (nSPS) is 18.4. The SMILES string of the molecule is CNC1CCCN(C(=O)CCn2cccn2)C1.Cl.Cl. The predicted molar refractivity (Wildman–Crippen MR) is 80.0 cm³/mol. The van der Waals surface area contributed by atoms with E-state index in [2.05, 4.69) is 10.4 Å². The molecule has 1 unspecified atom stereocenters. The Bertz CT molecular complexity index is 359. The Hall–Kier alpha value is -0.780. The van der Waals surface area contributed by atoms with Crippen LogP contribution in [0, 0.1) is 0 Å². The monoisotopic (exact) mass is 308 g/mol. The lowest BCUT2D eigenvalue weighted by atomic mass is 10.1. The molecule has 19 heavy (non-hydrogen) atoms. The van der Waals surface area contributed by atoms with Crippen LogP contribution in [0.2, 0.25) is 0 Å². The molecule has 0 saturated carbocycles. The zero-order chi connectivity index (χ0) is 12.1. The summed E-state index contributed by atoms with van der Waals surface area (Å²) in [6.07, 6.45) is 6.43.